The van der Waals surface area contributed by atoms with Crippen molar-refractivity contribution < 1.29 is 14.6 Å². The zero-order chi connectivity index (χ0) is 14.3. The third kappa shape index (κ3) is 5.09. The van der Waals surface area contributed by atoms with E-state index < -0.39 is 11.5 Å². The lowest BCUT2D eigenvalue weighted by atomic mass is 9.97. The van der Waals surface area contributed by atoms with Gasteiger partial charge in [0.05, 0.1) is 6.10 Å². The molecule has 5 nitrogen and oxygen atoms in total. The molecule has 19 heavy (non-hydrogen) atoms. The molecular weight excluding hydrogens is 244 g/mol. The summed E-state index contributed by atoms with van der Waals surface area (Å²) < 4.78 is 5.79. The maximum atomic E-state index is 11.2. The summed E-state index contributed by atoms with van der Waals surface area (Å²) in [7, 11) is 1.71. The number of nitrogens with zero attached hydrogens (tertiary/aromatic N) is 1. The van der Waals surface area contributed by atoms with Crippen LogP contribution in [0.2, 0.25) is 0 Å². The highest BCUT2D eigenvalue weighted by Crippen LogP contribution is 2.16. The molecule has 2 atom stereocenters. The Morgan fingerprint density at radius 1 is 1.58 bits per heavy atom. The number of piperidine rings is 1. The van der Waals surface area contributed by atoms with Crippen molar-refractivity contribution in [2.45, 2.75) is 51.2 Å². The second kappa shape index (κ2) is 7.82. The highest BCUT2D eigenvalue weighted by molar-refractivity contribution is 5.78. The summed E-state index contributed by atoms with van der Waals surface area (Å²) in [6.45, 7) is 7.46. The first-order chi connectivity index (χ1) is 9.01. The van der Waals surface area contributed by atoms with Crippen LogP contribution in [0.15, 0.2) is 0 Å². The molecule has 1 fully saturated rings. The van der Waals surface area contributed by atoms with Crippen LogP contribution in [0.5, 0.6) is 0 Å². The molecule has 2 N–H and O–H groups in total. The molecule has 5 heteroatoms. The van der Waals surface area contributed by atoms with Gasteiger partial charge >= 0.3 is 5.97 Å². The SMILES string of the molecule is CCCOC1CCCN(CCC(C)(NC)C(=O)O)C1. The van der Waals surface area contributed by atoms with Crippen molar-refractivity contribution in [2.75, 3.05) is 33.3 Å². The zero-order valence-corrected chi connectivity index (χ0v) is 12.4. The van der Waals surface area contributed by atoms with Gasteiger partial charge in [-0.2, -0.15) is 0 Å². The van der Waals surface area contributed by atoms with Gasteiger partial charge in [0.25, 0.3) is 0 Å². The number of nitrogens with one attached hydrogen (secondary N) is 1. The van der Waals surface area contributed by atoms with E-state index >= 15 is 0 Å². The molecule has 0 spiro atoms. The second-order valence-electron chi connectivity index (χ2n) is 5.57. The maximum absolute atomic E-state index is 11.2. The molecule has 1 aliphatic rings. The molecule has 112 valence electrons. The van der Waals surface area contributed by atoms with Crippen LogP contribution in [0.1, 0.15) is 39.5 Å². The molecule has 1 rings (SSSR count). The van der Waals surface area contributed by atoms with E-state index in [4.69, 9.17) is 4.74 Å². The van der Waals surface area contributed by atoms with E-state index in [0.717, 1.165) is 45.5 Å². The normalized spacial score (nSPS) is 24.1. The van der Waals surface area contributed by atoms with Crippen LogP contribution in [0, 0.1) is 0 Å². The van der Waals surface area contributed by atoms with E-state index in [1.54, 1.807) is 14.0 Å². The molecule has 1 aliphatic heterocycles. The number of hydrogen-bond acceptors (Lipinski definition) is 4. The minimum absolute atomic E-state index is 0.319. The fourth-order valence-corrected chi connectivity index (χ4v) is 2.36. The quantitative estimate of drug-likeness (QED) is 0.698. The summed E-state index contributed by atoms with van der Waals surface area (Å²) in [5.41, 5.74) is -0.836. The van der Waals surface area contributed by atoms with Crippen molar-refractivity contribution >= 4 is 5.97 Å². The third-order valence-electron chi connectivity index (χ3n) is 3.97. The van der Waals surface area contributed by atoms with E-state index in [1.807, 2.05) is 0 Å². The number of carboxylic acid groups (broad SMARTS) is 1. The summed E-state index contributed by atoms with van der Waals surface area (Å²) in [6.07, 6.45) is 4.24. The monoisotopic (exact) mass is 272 g/mol. The molecule has 0 amide bonds. The lowest BCUT2D eigenvalue weighted by molar-refractivity contribution is -0.144. The van der Waals surface area contributed by atoms with Crippen LogP contribution in [-0.4, -0.2) is 60.9 Å². The highest BCUT2D eigenvalue weighted by atomic mass is 16.5. The number of carbonyl (C=O) groups is 1. The Balaban J connectivity index is 2.38. The average molecular weight is 272 g/mol. The Morgan fingerprint density at radius 2 is 2.32 bits per heavy atom. The lowest BCUT2D eigenvalue weighted by Crippen LogP contribution is -2.50. The Labute approximate surface area is 116 Å². The average Bonchev–Trinajstić information content (AvgIpc) is 2.42. The number of rotatable bonds is 8. The van der Waals surface area contributed by atoms with Gasteiger partial charge < -0.3 is 20.1 Å². The number of likely N-dealkylation sites (tertiary alicyclic amines) is 1. The largest absolute Gasteiger partial charge is 0.480 e. The fourth-order valence-electron chi connectivity index (χ4n) is 2.36. The third-order valence-corrected chi connectivity index (χ3v) is 3.97. The van der Waals surface area contributed by atoms with E-state index in [-0.39, 0.29) is 0 Å². The summed E-state index contributed by atoms with van der Waals surface area (Å²) in [4.78, 5) is 13.5. The maximum Gasteiger partial charge on any atom is 0.323 e. The molecule has 0 aromatic rings. The minimum atomic E-state index is -0.836. The van der Waals surface area contributed by atoms with E-state index in [1.165, 1.54) is 0 Å². The van der Waals surface area contributed by atoms with Gasteiger partial charge in [0.1, 0.15) is 5.54 Å². The van der Waals surface area contributed by atoms with Crippen LogP contribution >= 0.6 is 0 Å². The topological polar surface area (TPSA) is 61.8 Å². The van der Waals surface area contributed by atoms with E-state index in [9.17, 15) is 9.90 Å². The first-order valence-electron chi connectivity index (χ1n) is 7.28. The predicted octanol–water partition coefficient (Wildman–Crippen LogP) is 1.33. The number of aliphatic carboxylic acids is 1. The number of hydrogen-bond donors (Lipinski definition) is 2. The molecule has 0 aromatic heterocycles. The summed E-state index contributed by atoms with van der Waals surface area (Å²) in [5.74, 6) is -0.786. The van der Waals surface area contributed by atoms with Gasteiger partial charge in [-0.15, -0.1) is 0 Å². The smallest absolute Gasteiger partial charge is 0.323 e. The van der Waals surface area contributed by atoms with Crippen molar-refractivity contribution in [2.24, 2.45) is 0 Å². The summed E-state index contributed by atoms with van der Waals surface area (Å²) >= 11 is 0. The van der Waals surface area contributed by atoms with E-state index in [0.29, 0.717) is 12.5 Å². The van der Waals surface area contributed by atoms with Gasteiger partial charge in [-0.1, -0.05) is 6.92 Å². The molecule has 1 heterocycles. The lowest BCUT2D eigenvalue weighted by Gasteiger charge is -2.34. The number of ether oxygens (including phenoxy) is 1. The van der Waals surface area contributed by atoms with Gasteiger partial charge in [0.15, 0.2) is 0 Å². The Bertz CT molecular complexity index is 286. The van der Waals surface area contributed by atoms with Crippen molar-refractivity contribution in [1.82, 2.24) is 10.2 Å². The second-order valence-corrected chi connectivity index (χ2v) is 5.57. The molecule has 0 radical (unpaired) electrons. The van der Waals surface area contributed by atoms with Gasteiger partial charge in [-0.3, -0.25) is 4.79 Å². The first kappa shape index (κ1) is 16.4. The summed E-state index contributed by atoms with van der Waals surface area (Å²) in [6, 6.07) is 0. The van der Waals surface area contributed by atoms with E-state index in [2.05, 4.69) is 17.1 Å². The number of carboxylic acids is 1. The van der Waals surface area contributed by atoms with Crippen molar-refractivity contribution in [1.29, 1.82) is 0 Å². The summed E-state index contributed by atoms with van der Waals surface area (Å²) in [5, 5.41) is 12.1. The highest BCUT2D eigenvalue weighted by Gasteiger charge is 2.32. The van der Waals surface area contributed by atoms with Crippen LogP contribution in [0.4, 0.5) is 0 Å². The van der Waals surface area contributed by atoms with Gasteiger partial charge in [-0.25, -0.2) is 0 Å². The molecule has 0 saturated carbocycles. The first-order valence-corrected chi connectivity index (χ1v) is 7.28. The van der Waals surface area contributed by atoms with Crippen LogP contribution < -0.4 is 5.32 Å². The number of likely N-dealkylation sites (N-methyl/N-ethyl adjacent to an activating group) is 1. The van der Waals surface area contributed by atoms with Gasteiger partial charge in [0.2, 0.25) is 0 Å². The van der Waals surface area contributed by atoms with Gasteiger partial charge in [-0.05, 0) is 46.2 Å². The molecule has 0 aliphatic carbocycles. The van der Waals surface area contributed by atoms with Crippen LogP contribution in [-0.2, 0) is 9.53 Å². The van der Waals surface area contributed by atoms with Crippen molar-refractivity contribution in [3.05, 3.63) is 0 Å². The van der Waals surface area contributed by atoms with Gasteiger partial charge in [0, 0.05) is 19.7 Å². The Hall–Kier alpha value is -0.650. The van der Waals surface area contributed by atoms with Crippen LogP contribution in [0.25, 0.3) is 0 Å². The standard InChI is InChI=1S/C14H28N2O3/c1-4-10-19-12-6-5-8-16(11-12)9-7-14(2,15-3)13(17)18/h12,15H,4-11H2,1-3H3,(H,17,18). The predicted molar refractivity (Wildman–Crippen MR) is 75.4 cm³/mol. The zero-order valence-electron chi connectivity index (χ0n) is 12.4. The molecule has 1 saturated heterocycles. The molecule has 0 aromatic carbocycles. The van der Waals surface area contributed by atoms with Crippen LogP contribution in [0.3, 0.4) is 0 Å². The molecule has 2 unspecified atom stereocenters. The Kier molecular flexibility index (Phi) is 6.75. The van der Waals surface area contributed by atoms with Crippen molar-refractivity contribution in [3.63, 3.8) is 0 Å². The Morgan fingerprint density at radius 3 is 2.89 bits per heavy atom. The van der Waals surface area contributed by atoms with Crippen molar-refractivity contribution in [3.8, 4) is 0 Å². The fraction of sp³-hybridized carbons (Fsp3) is 0.929. The molecular formula is C14H28N2O3. The minimum Gasteiger partial charge on any atom is -0.480 e. The molecule has 0 bridgehead atoms.